The third-order valence-electron chi connectivity index (χ3n) is 4.59. The Hall–Kier alpha value is -1.80. The van der Waals surface area contributed by atoms with Crippen LogP contribution in [-0.4, -0.2) is 38.9 Å². The number of benzene rings is 2. The predicted molar refractivity (Wildman–Crippen MR) is 107 cm³/mol. The summed E-state index contributed by atoms with van der Waals surface area (Å²) in [7, 11) is -2.09. The van der Waals surface area contributed by atoms with Crippen LogP contribution < -0.4 is 9.47 Å². The topological polar surface area (TPSA) is 72.9 Å². The highest BCUT2D eigenvalue weighted by Crippen LogP contribution is 2.29. The maximum atomic E-state index is 12.8. The number of carbonyl (C=O) groups is 1. The first-order valence-corrected chi connectivity index (χ1v) is 10.8. The van der Waals surface area contributed by atoms with Gasteiger partial charge in [-0.25, -0.2) is 8.42 Å². The van der Waals surface area contributed by atoms with Crippen LogP contribution in [0.25, 0.3) is 0 Å². The van der Waals surface area contributed by atoms with Crippen molar-refractivity contribution in [2.75, 3.05) is 20.2 Å². The average molecular weight is 444 g/mol. The molecule has 28 heavy (non-hydrogen) atoms. The molecule has 2 aromatic carbocycles. The normalized spacial score (nSPS) is 16.0. The molecule has 0 aliphatic carbocycles. The van der Waals surface area contributed by atoms with Gasteiger partial charge in [0, 0.05) is 19.2 Å². The summed E-state index contributed by atoms with van der Waals surface area (Å²) in [5.41, 5.74) is 0. The Morgan fingerprint density at radius 3 is 2.18 bits per heavy atom. The van der Waals surface area contributed by atoms with Crippen LogP contribution >= 0.6 is 23.2 Å². The molecule has 0 amide bonds. The maximum absolute atomic E-state index is 12.8. The quantitative estimate of drug-likeness (QED) is 0.515. The molecule has 0 aromatic heterocycles. The van der Waals surface area contributed by atoms with E-state index in [0.717, 1.165) is 0 Å². The van der Waals surface area contributed by atoms with E-state index in [4.69, 9.17) is 32.7 Å². The number of nitrogens with zero attached hydrogens (tertiary/aromatic N) is 1. The Bertz CT molecular complexity index is 955. The predicted octanol–water partition coefficient (Wildman–Crippen LogP) is 4.01. The van der Waals surface area contributed by atoms with Crippen molar-refractivity contribution in [3.05, 3.63) is 52.5 Å². The summed E-state index contributed by atoms with van der Waals surface area (Å²) in [6, 6.07) is 10.8. The van der Waals surface area contributed by atoms with Crippen LogP contribution in [0.2, 0.25) is 10.0 Å². The van der Waals surface area contributed by atoms with E-state index < -0.39 is 16.0 Å². The fraction of sp³-hybridized carbons (Fsp3) is 0.316. The minimum Gasteiger partial charge on any atom is -0.497 e. The number of halogens is 2. The smallest absolute Gasteiger partial charge is 0.314 e. The Labute approximate surface area is 174 Å². The molecule has 0 unspecified atom stereocenters. The van der Waals surface area contributed by atoms with Crippen LogP contribution in [0.3, 0.4) is 0 Å². The lowest BCUT2D eigenvalue weighted by Gasteiger charge is -2.30. The molecule has 0 bridgehead atoms. The molecule has 6 nitrogen and oxygen atoms in total. The van der Waals surface area contributed by atoms with Crippen molar-refractivity contribution >= 4 is 39.2 Å². The Morgan fingerprint density at radius 1 is 1.00 bits per heavy atom. The molecular weight excluding hydrogens is 425 g/mol. The number of hydrogen-bond acceptors (Lipinski definition) is 5. The summed E-state index contributed by atoms with van der Waals surface area (Å²) in [4.78, 5) is 12.6. The Balaban J connectivity index is 1.61. The molecule has 0 N–H and O–H groups in total. The number of rotatable bonds is 5. The van der Waals surface area contributed by atoms with Gasteiger partial charge in [0.05, 0.1) is 28.0 Å². The second kappa shape index (κ2) is 8.69. The summed E-state index contributed by atoms with van der Waals surface area (Å²) in [6.45, 7) is 0.491. The van der Waals surface area contributed by atoms with Crippen LogP contribution in [0.1, 0.15) is 12.8 Å². The van der Waals surface area contributed by atoms with E-state index >= 15 is 0 Å². The molecule has 1 fully saturated rings. The van der Waals surface area contributed by atoms with Crippen molar-refractivity contribution in [2.24, 2.45) is 5.92 Å². The number of hydrogen-bond donors (Lipinski definition) is 0. The first-order valence-electron chi connectivity index (χ1n) is 8.62. The summed E-state index contributed by atoms with van der Waals surface area (Å²) < 4.78 is 37.3. The summed E-state index contributed by atoms with van der Waals surface area (Å²) in [5.74, 6) is 0.118. The average Bonchev–Trinajstić information content (AvgIpc) is 2.71. The van der Waals surface area contributed by atoms with Gasteiger partial charge in [-0.3, -0.25) is 4.79 Å². The molecule has 150 valence electrons. The van der Waals surface area contributed by atoms with Gasteiger partial charge in [0.15, 0.2) is 0 Å². The van der Waals surface area contributed by atoms with Gasteiger partial charge in [-0.05, 0) is 49.2 Å². The summed E-state index contributed by atoms with van der Waals surface area (Å²) in [5, 5.41) is 0.672. The monoisotopic (exact) mass is 443 g/mol. The zero-order valence-electron chi connectivity index (χ0n) is 15.1. The molecule has 0 radical (unpaired) electrons. The molecule has 0 spiro atoms. The molecule has 3 rings (SSSR count). The minimum absolute atomic E-state index is 0.199. The maximum Gasteiger partial charge on any atom is 0.314 e. The van der Waals surface area contributed by atoms with Crippen molar-refractivity contribution in [2.45, 2.75) is 17.7 Å². The molecule has 1 saturated heterocycles. The van der Waals surface area contributed by atoms with Gasteiger partial charge >= 0.3 is 5.97 Å². The van der Waals surface area contributed by atoms with Crippen molar-refractivity contribution in [3.8, 4) is 11.5 Å². The number of sulfonamides is 1. The van der Waals surface area contributed by atoms with Gasteiger partial charge in [0.1, 0.15) is 11.5 Å². The number of ether oxygens (including phenoxy) is 2. The Kier molecular flexibility index (Phi) is 6.50. The van der Waals surface area contributed by atoms with E-state index in [1.54, 1.807) is 24.3 Å². The van der Waals surface area contributed by atoms with Crippen LogP contribution in [0.4, 0.5) is 0 Å². The van der Waals surface area contributed by atoms with Gasteiger partial charge in [0.2, 0.25) is 10.0 Å². The molecule has 2 aromatic rings. The third kappa shape index (κ3) is 4.60. The fourth-order valence-corrected chi connectivity index (χ4v) is 4.73. The van der Waals surface area contributed by atoms with E-state index in [1.807, 2.05) is 0 Å². The summed E-state index contributed by atoms with van der Waals surface area (Å²) in [6.07, 6.45) is 0.769. The van der Waals surface area contributed by atoms with Crippen molar-refractivity contribution in [3.63, 3.8) is 0 Å². The molecule has 1 heterocycles. The standard InChI is InChI=1S/C19H19Cl2NO5S/c1-26-14-2-5-16(6-3-14)28(24,25)22-10-8-13(9-11-22)19(23)27-15-4-7-17(20)18(21)12-15/h2-7,12-13H,8-11H2,1H3. The van der Waals surface area contributed by atoms with E-state index in [-0.39, 0.29) is 23.9 Å². The second-order valence-electron chi connectivity index (χ2n) is 6.35. The lowest BCUT2D eigenvalue weighted by atomic mass is 9.98. The van der Waals surface area contributed by atoms with Gasteiger partial charge in [0.25, 0.3) is 0 Å². The fourth-order valence-electron chi connectivity index (χ4n) is 2.97. The van der Waals surface area contributed by atoms with Crippen molar-refractivity contribution < 1.29 is 22.7 Å². The molecule has 9 heteroatoms. The molecular formula is C19H19Cl2NO5S. The minimum atomic E-state index is -3.61. The first-order chi connectivity index (χ1) is 13.3. The Morgan fingerprint density at radius 2 is 1.61 bits per heavy atom. The number of piperidine rings is 1. The van der Waals surface area contributed by atoms with Crippen molar-refractivity contribution in [1.82, 2.24) is 4.31 Å². The second-order valence-corrected chi connectivity index (χ2v) is 9.10. The lowest BCUT2D eigenvalue weighted by Crippen LogP contribution is -2.41. The third-order valence-corrected chi connectivity index (χ3v) is 7.25. The van der Waals surface area contributed by atoms with Crippen LogP contribution in [0, 0.1) is 5.92 Å². The van der Waals surface area contributed by atoms with Crippen LogP contribution in [0.15, 0.2) is 47.4 Å². The zero-order chi connectivity index (χ0) is 20.3. The first kappa shape index (κ1) is 20.9. The molecule has 1 aliphatic heterocycles. The highest BCUT2D eigenvalue weighted by Gasteiger charge is 2.33. The van der Waals surface area contributed by atoms with E-state index in [2.05, 4.69) is 0 Å². The van der Waals surface area contributed by atoms with Gasteiger partial charge < -0.3 is 9.47 Å². The SMILES string of the molecule is COc1ccc(S(=O)(=O)N2CCC(C(=O)Oc3ccc(Cl)c(Cl)c3)CC2)cc1. The molecule has 0 atom stereocenters. The van der Waals surface area contributed by atoms with E-state index in [9.17, 15) is 13.2 Å². The van der Waals surface area contributed by atoms with E-state index in [1.165, 1.54) is 29.6 Å². The van der Waals surface area contributed by atoms with Gasteiger partial charge in [-0.15, -0.1) is 0 Å². The highest BCUT2D eigenvalue weighted by molar-refractivity contribution is 7.89. The number of carbonyl (C=O) groups excluding carboxylic acids is 1. The zero-order valence-corrected chi connectivity index (χ0v) is 17.4. The number of methoxy groups -OCH3 is 1. The molecule has 0 saturated carbocycles. The van der Waals surface area contributed by atoms with Gasteiger partial charge in [-0.1, -0.05) is 23.2 Å². The number of esters is 1. The van der Waals surface area contributed by atoms with Crippen molar-refractivity contribution in [1.29, 1.82) is 0 Å². The summed E-state index contributed by atoms with van der Waals surface area (Å²) >= 11 is 11.8. The largest absolute Gasteiger partial charge is 0.497 e. The highest BCUT2D eigenvalue weighted by atomic mass is 35.5. The van der Waals surface area contributed by atoms with Crippen LogP contribution in [-0.2, 0) is 14.8 Å². The van der Waals surface area contributed by atoms with Crippen LogP contribution in [0.5, 0.6) is 11.5 Å². The van der Waals surface area contributed by atoms with Gasteiger partial charge in [-0.2, -0.15) is 4.31 Å². The lowest BCUT2D eigenvalue weighted by molar-refractivity contribution is -0.140. The molecule has 1 aliphatic rings. The van der Waals surface area contributed by atoms with E-state index in [0.29, 0.717) is 34.4 Å².